The first-order valence-corrected chi connectivity index (χ1v) is 37.3. The zero-order valence-corrected chi connectivity index (χ0v) is 59.6. The lowest BCUT2D eigenvalue weighted by molar-refractivity contribution is 1.02. The van der Waals surface area contributed by atoms with Crippen LogP contribution in [0.25, 0.3) is 199 Å². The third-order valence-electron chi connectivity index (χ3n) is 22.4. The highest BCUT2D eigenvalue weighted by atomic mass is 15.1. The molecule has 0 atom stereocenters. The number of rotatable bonds is 12. The molecule has 0 N–H and O–H groups in total. The zero-order valence-electron chi connectivity index (χ0n) is 59.6. The molecule has 0 unspecified atom stereocenters. The summed E-state index contributed by atoms with van der Waals surface area (Å²) in [4.78, 5) is 0. The topological polar surface area (TPSA) is 67.3 Å². The monoisotopic (exact) mass is 1400 g/mol. The molecule has 0 radical (unpaired) electrons. The Morgan fingerprint density at radius 1 is 0.145 bits per heavy atom. The van der Waals surface area contributed by atoms with E-state index in [1.807, 2.05) is 0 Å². The van der Waals surface area contributed by atoms with Crippen LogP contribution in [0, 0.1) is 22.7 Å². The largest absolute Gasteiger partial charge is 0.306 e. The van der Waals surface area contributed by atoms with Gasteiger partial charge >= 0.3 is 0 Å². The first-order chi connectivity index (χ1) is 54.5. The fourth-order valence-electron chi connectivity index (χ4n) is 17.3. The maximum Gasteiger partial charge on any atom is 0.104 e. The van der Waals surface area contributed by atoms with Crippen molar-refractivity contribution in [2.24, 2.45) is 0 Å². The number of fused-ring (bicyclic) bond motifs is 12. The molecule has 0 fully saturated rings. The second-order valence-electron chi connectivity index (χ2n) is 28.5. The Morgan fingerprint density at radius 3 is 0.391 bits per heavy atom. The first kappa shape index (κ1) is 63.4. The van der Waals surface area contributed by atoms with Crippen LogP contribution >= 0.6 is 0 Å². The van der Waals surface area contributed by atoms with E-state index in [0.717, 1.165) is 176 Å². The van der Waals surface area contributed by atoms with Crippen LogP contribution in [-0.4, -0.2) is 18.3 Å². The number of benzene rings is 17. The van der Waals surface area contributed by atoms with Gasteiger partial charge in [-0.25, -0.2) is 0 Å². The molecular formula is C104H64N6. The van der Waals surface area contributed by atoms with Crippen LogP contribution in [0.4, 0.5) is 0 Å². The van der Waals surface area contributed by atoms with E-state index in [9.17, 15) is 10.5 Å². The van der Waals surface area contributed by atoms with E-state index in [1.165, 1.54) is 0 Å². The second-order valence-corrected chi connectivity index (χ2v) is 28.5. The average Bonchev–Trinajstić information content (AvgIpc) is 1.48. The highest BCUT2D eigenvalue weighted by Crippen LogP contribution is 2.51. The van der Waals surface area contributed by atoms with Gasteiger partial charge in [0.05, 0.1) is 66.9 Å². The normalized spacial score (nSPS) is 11.6. The molecular weight excluding hydrogens is 1330 g/mol. The smallest absolute Gasteiger partial charge is 0.104 e. The molecule has 0 amide bonds. The fourth-order valence-corrected chi connectivity index (χ4v) is 17.3. The van der Waals surface area contributed by atoms with Gasteiger partial charge in [0.25, 0.3) is 0 Å². The van der Waals surface area contributed by atoms with Crippen LogP contribution in [0.15, 0.2) is 388 Å². The van der Waals surface area contributed by atoms with Crippen molar-refractivity contribution < 1.29 is 0 Å². The predicted octanol–water partition coefficient (Wildman–Crippen LogP) is 27.2. The van der Waals surface area contributed by atoms with Gasteiger partial charge in [0.1, 0.15) is 23.3 Å². The van der Waals surface area contributed by atoms with Crippen molar-refractivity contribution in [2.75, 3.05) is 0 Å². The lowest BCUT2D eigenvalue weighted by Gasteiger charge is -2.27. The molecule has 21 rings (SSSR count). The second kappa shape index (κ2) is 25.9. The summed E-state index contributed by atoms with van der Waals surface area (Å²) in [6, 6.07) is 145. The highest BCUT2D eigenvalue weighted by Gasteiger charge is 2.36. The Hall–Kier alpha value is -15.1. The molecule has 0 aliphatic rings. The molecule has 6 heteroatoms. The molecule has 510 valence electrons. The summed E-state index contributed by atoms with van der Waals surface area (Å²) in [5.74, 6) is 0. The SMILES string of the molecule is N#Cc1c(-n2c3ccc(-c4ccccc4)cc3c3cc(-c4ccccc4)ccc32)c(-n2c3ccc(-c4ccccc4)cc3c3cc(-c4ccccc4)ccc32)c(C#N)c(-n2c3ccc(-c4ccccc4)cc3c3cc(-c4ccccc4)ccc32)c1-n1c2ccc(-c3ccccc3)cc2c2cc(-c3ccccc3)ccc21. The molecule has 4 aromatic heterocycles. The number of nitriles is 2. The summed E-state index contributed by atoms with van der Waals surface area (Å²) in [5, 5.41) is 35.3. The molecule has 0 bridgehead atoms. The zero-order chi connectivity index (χ0) is 72.9. The Balaban J connectivity index is 1.00. The van der Waals surface area contributed by atoms with Gasteiger partial charge in [-0.15, -0.1) is 0 Å². The number of hydrogen-bond acceptors (Lipinski definition) is 2. The third kappa shape index (κ3) is 10.2. The third-order valence-corrected chi connectivity index (χ3v) is 22.4. The average molecular weight is 1400 g/mol. The van der Waals surface area contributed by atoms with E-state index in [2.05, 4.69) is 419 Å². The Kier molecular flexibility index (Phi) is 14.9. The highest BCUT2D eigenvalue weighted by molar-refractivity contribution is 6.18. The molecule has 110 heavy (non-hydrogen) atoms. The molecule has 0 spiro atoms. The summed E-state index contributed by atoms with van der Waals surface area (Å²) in [5.41, 5.74) is 26.9. The predicted molar refractivity (Wildman–Crippen MR) is 457 cm³/mol. The van der Waals surface area contributed by atoms with Gasteiger partial charge in [-0.3, -0.25) is 0 Å². The fraction of sp³-hybridized carbons (Fsp3) is 0. The van der Waals surface area contributed by atoms with Crippen molar-refractivity contribution in [3.8, 4) is 124 Å². The van der Waals surface area contributed by atoms with Crippen molar-refractivity contribution in [1.29, 1.82) is 10.5 Å². The van der Waals surface area contributed by atoms with Crippen molar-refractivity contribution in [3.05, 3.63) is 399 Å². The summed E-state index contributed by atoms with van der Waals surface area (Å²) in [6.07, 6.45) is 0. The van der Waals surface area contributed by atoms with Gasteiger partial charge < -0.3 is 18.3 Å². The molecule has 17 aromatic carbocycles. The van der Waals surface area contributed by atoms with Crippen LogP contribution in [0.1, 0.15) is 11.1 Å². The standard InChI is InChI=1S/C104H64N6/c105-65-91-101(107-93-49-41-75(67-25-9-1-10-26-67)57-83(93)84-58-76(42-50-94(84)107)68-27-11-2-12-28-68)102(108-95-51-43-77(69-29-13-3-14-30-69)59-85(95)86-60-78(44-52-96(86)108)70-31-15-4-16-32-70)92(66-106)104(110-99-55-47-81(73-37-21-7-22-38-73)63-89(99)90-64-82(48-56-100(90)110)74-39-23-8-24-40-74)103(91)109-97-53-45-79(71-33-17-5-18-34-71)61-87(97)88-62-80(46-54-98(88)109)72-35-19-6-20-36-72/h1-64H. The summed E-state index contributed by atoms with van der Waals surface area (Å²) >= 11 is 0. The number of nitrogens with zero attached hydrogens (tertiary/aromatic N) is 6. The van der Waals surface area contributed by atoms with Crippen LogP contribution in [0.3, 0.4) is 0 Å². The Morgan fingerprint density at radius 2 is 0.273 bits per heavy atom. The summed E-state index contributed by atoms with van der Waals surface area (Å²) < 4.78 is 9.29. The molecule has 0 saturated carbocycles. The van der Waals surface area contributed by atoms with E-state index in [4.69, 9.17) is 0 Å². The summed E-state index contributed by atoms with van der Waals surface area (Å²) in [7, 11) is 0. The van der Waals surface area contributed by atoms with E-state index >= 15 is 0 Å². The van der Waals surface area contributed by atoms with E-state index in [1.54, 1.807) is 0 Å². The van der Waals surface area contributed by atoms with Gasteiger partial charge in [0.15, 0.2) is 0 Å². The summed E-state index contributed by atoms with van der Waals surface area (Å²) in [6.45, 7) is 0. The van der Waals surface area contributed by atoms with Crippen LogP contribution < -0.4 is 0 Å². The van der Waals surface area contributed by atoms with Crippen LogP contribution in [0.2, 0.25) is 0 Å². The van der Waals surface area contributed by atoms with Crippen LogP contribution in [0.5, 0.6) is 0 Å². The van der Waals surface area contributed by atoms with Gasteiger partial charge in [0.2, 0.25) is 0 Å². The molecule has 21 aromatic rings. The molecule has 0 saturated heterocycles. The molecule has 0 aliphatic carbocycles. The lowest BCUT2D eigenvalue weighted by atomic mass is 9.98. The van der Waals surface area contributed by atoms with Gasteiger partial charge in [0, 0.05) is 43.1 Å². The molecule has 4 heterocycles. The quantitative estimate of drug-likeness (QED) is 0.122. The van der Waals surface area contributed by atoms with Crippen molar-refractivity contribution in [1.82, 2.24) is 18.3 Å². The number of hydrogen-bond donors (Lipinski definition) is 0. The van der Waals surface area contributed by atoms with Crippen molar-refractivity contribution in [3.63, 3.8) is 0 Å². The minimum Gasteiger partial charge on any atom is -0.306 e. The Bertz CT molecular complexity index is 6090. The maximum absolute atomic E-state index is 13.7. The minimum atomic E-state index is 0.360. The molecule has 0 aliphatic heterocycles. The number of aromatic nitrogens is 4. The van der Waals surface area contributed by atoms with Crippen molar-refractivity contribution >= 4 is 87.2 Å². The molecule has 6 nitrogen and oxygen atoms in total. The minimum absolute atomic E-state index is 0.360. The van der Waals surface area contributed by atoms with E-state index < -0.39 is 0 Å². The van der Waals surface area contributed by atoms with E-state index in [0.29, 0.717) is 33.9 Å². The van der Waals surface area contributed by atoms with Gasteiger partial charge in [-0.1, -0.05) is 291 Å². The van der Waals surface area contributed by atoms with Crippen LogP contribution in [-0.2, 0) is 0 Å². The maximum atomic E-state index is 13.7. The first-order valence-electron chi connectivity index (χ1n) is 37.3. The van der Waals surface area contributed by atoms with Crippen molar-refractivity contribution in [2.45, 2.75) is 0 Å². The Labute approximate surface area is 635 Å². The van der Waals surface area contributed by atoms with Gasteiger partial charge in [-0.2, -0.15) is 10.5 Å². The lowest BCUT2D eigenvalue weighted by Crippen LogP contribution is -2.16. The van der Waals surface area contributed by atoms with E-state index in [-0.39, 0.29) is 0 Å². The van der Waals surface area contributed by atoms with Gasteiger partial charge in [-0.05, 0) is 186 Å².